The predicted molar refractivity (Wildman–Crippen MR) is 77.1 cm³/mol. The number of hydrogen-bond donors (Lipinski definition) is 2. The lowest BCUT2D eigenvalue weighted by molar-refractivity contribution is 0.217. The third kappa shape index (κ3) is 4.65. The Kier molecular flexibility index (Phi) is 5.91. The Labute approximate surface area is 114 Å². The summed E-state index contributed by atoms with van der Waals surface area (Å²) in [4.78, 5) is 13.7. The molecule has 4 heteroatoms. The molecule has 0 saturated heterocycles. The zero-order chi connectivity index (χ0) is 14.3. The second-order valence-corrected chi connectivity index (χ2v) is 4.15. The van der Waals surface area contributed by atoms with Crippen LogP contribution in [0.5, 0.6) is 0 Å². The molecular weight excluding hydrogens is 240 g/mol. The van der Waals surface area contributed by atoms with E-state index in [1.165, 1.54) is 0 Å². The Morgan fingerprint density at radius 3 is 2.58 bits per heavy atom. The molecule has 1 rings (SSSR count). The molecule has 0 atom stereocenters. The van der Waals surface area contributed by atoms with Crippen molar-refractivity contribution in [1.82, 2.24) is 4.90 Å². The molecule has 0 aromatic heterocycles. The van der Waals surface area contributed by atoms with Gasteiger partial charge in [-0.25, -0.2) is 4.79 Å². The van der Waals surface area contributed by atoms with Crippen LogP contribution in [-0.4, -0.2) is 35.7 Å². The molecule has 0 bridgehead atoms. The zero-order valence-electron chi connectivity index (χ0n) is 11.7. The minimum atomic E-state index is -0.172. The minimum Gasteiger partial charge on any atom is -0.384 e. The van der Waals surface area contributed by atoms with E-state index in [4.69, 9.17) is 5.11 Å². The number of carbonyl (C=O) groups excluding carboxylic acids is 1. The first-order valence-electron chi connectivity index (χ1n) is 6.38. The first-order valence-corrected chi connectivity index (χ1v) is 6.38. The van der Waals surface area contributed by atoms with E-state index >= 15 is 0 Å². The molecule has 102 valence electrons. The highest BCUT2D eigenvalue weighted by Gasteiger charge is 2.09. The number of amides is 2. The van der Waals surface area contributed by atoms with Gasteiger partial charge in [-0.2, -0.15) is 0 Å². The zero-order valence-corrected chi connectivity index (χ0v) is 11.7. The fraction of sp³-hybridized carbons (Fsp3) is 0.400. The van der Waals surface area contributed by atoms with E-state index in [1.807, 2.05) is 32.9 Å². The number of aryl methyl sites for hydroxylation is 1. The van der Waals surface area contributed by atoms with Crippen LogP contribution < -0.4 is 5.32 Å². The topological polar surface area (TPSA) is 52.6 Å². The lowest BCUT2D eigenvalue weighted by Gasteiger charge is -2.19. The van der Waals surface area contributed by atoms with E-state index in [9.17, 15) is 4.79 Å². The molecule has 0 spiro atoms. The van der Waals surface area contributed by atoms with Gasteiger partial charge in [0.05, 0.1) is 0 Å². The third-order valence-electron chi connectivity index (χ3n) is 2.69. The quantitative estimate of drug-likeness (QED) is 0.819. The van der Waals surface area contributed by atoms with Gasteiger partial charge in [0, 0.05) is 24.3 Å². The average molecular weight is 260 g/mol. The van der Waals surface area contributed by atoms with Crippen molar-refractivity contribution in [2.75, 3.05) is 25.0 Å². The van der Waals surface area contributed by atoms with Crippen molar-refractivity contribution in [2.45, 2.75) is 20.8 Å². The average Bonchev–Trinajstić information content (AvgIpc) is 2.37. The first kappa shape index (κ1) is 15.1. The van der Waals surface area contributed by atoms with E-state index in [1.54, 1.807) is 11.0 Å². The van der Waals surface area contributed by atoms with Crippen LogP contribution in [0.25, 0.3) is 0 Å². The molecule has 1 aromatic rings. The number of nitrogens with one attached hydrogen (secondary N) is 1. The smallest absolute Gasteiger partial charge is 0.321 e. The Hall–Kier alpha value is -1.99. The maximum atomic E-state index is 12.0. The van der Waals surface area contributed by atoms with Gasteiger partial charge in [-0.3, -0.25) is 0 Å². The molecule has 2 N–H and O–H groups in total. The molecule has 19 heavy (non-hydrogen) atoms. The maximum Gasteiger partial charge on any atom is 0.321 e. The van der Waals surface area contributed by atoms with Crippen molar-refractivity contribution in [3.8, 4) is 11.8 Å². The van der Waals surface area contributed by atoms with Gasteiger partial charge in [-0.15, -0.1) is 0 Å². The van der Waals surface area contributed by atoms with E-state index in [0.717, 1.165) is 16.8 Å². The maximum absolute atomic E-state index is 12.0. The molecule has 0 heterocycles. The summed E-state index contributed by atoms with van der Waals surface area (Å²) in [5.74, 6) is 5.44. The van der Waals surface area contributed by atoms with E-state index in [0.29, 0.717) is 13.1 Å². The van der Waals surface area contributed by atoms with E-state index in [-0.39, 0.29) is 12.6 Å². The summed E-state index contributed by atoms with van der Waals surface area (Å²) in [5.41, 5.74) is 2.52. The molecule has 2 amide bonds. The second-order valence-electron chi connectivity index (χ2n) is 4.15. The molecule has 0 radical (unpaired) electrons. The number of hydrogen-bond acceptors (Lipinski definition) is 2. The van der Waals surface area contributed by atoms with Gasteiger partial charge in [0.1, 0.15) is 6.61 Å². The number of aliphatic hydroxyl groups excluding tert-OH is 1. The number of urea groups is 1. The van der Waals surface area contributed by atoms with Gasteiger partial charge in [0.15, 0.2) is 0 Å². The van der Waals surface area contributed by atoms with Crippen LogP contribution in [0.3, 0.4) is 0 Å². The van der Waals surface area contributed by atoms with Crippen molar-refractivity contribution < 1.29 is 9.90 Å². The number of aliphatic hydroxyl groups is 1. The van der Waals surface area contributed by atoms with Crippen LogP contribution in [0.1, 0.15) is 25.0 Å². The molecule has 0 saturated carbocycles. The molecule has 1 aromatic carbocycles. The van der Waals surface area contributed by atoms with Gasteiger partial charge < -0.3 is 15.3 Å². The van der Waals surface area contributed by atoms with Crippen LogP contribution in [0.2, 0.25) is 0 Å². The van der Waals surface area contributed by atoms with Gasteiger partial charge >= 0.3 is 6.03 Å². The van der Waals surface area contributed by atoms with Crippen molar-refractivity contribution >= 4 is 11.7 Å². The highest BCUT2D eigenvalue weighted by molar-refractivity contribution is 5.89. The molecule has 0 aliphatic heterocycles. The fourth-order valence-corrected chi connectivity index (χ4v) is 1.78. The van der Waals surface area contributed by atoms with Gasteiger partial charge in [0.2, 0.25) is 0 Å². The molecular formula is C15H20N2O2. The summed E-state index contributed by atoms with van der Waals surface area (Å²) < 4.78 is 0. The van der Waals surface area contributed by atoms with Crippen molar-refractivity contribution in [2.24, 2.45) is 0 Å². The van der Waals surface area contributed by atoms with Crippen molar-refractivity contribution in [3.63, 3.8) is 0 Å². The van der Waals surface area contributed by atoms with Crippen LogP contribution >= 0.6 is 0 Å². The predicted octanol–water partition coefficient (Wildman–Crippen LogP) is 2.21. The molecule has 0 aliphatic carbocycles. The summed E-state index contributed by atoms with van der Waals surface area (Å²) >= 11 is 0. The number of benzene rings is 1. The molecule has 4 nitrogen and oxygen atoms in total. The molecule has 0 unspecified atom stereocenters. The number of anilines is 1. The largest absolute Gasteiger partial charge is 0.384 e. The Morgan fingerprint density at radius 2 is 2.00 bits per heavy atom. The van der Waals surface area contributed by atoms with E-state index < -0.39 is 0 Å². The fourth-order valence-electron chi connectivity index (χ4n) is 1.78. The lowest BCUT2D eigenvalue weighted by Crippen LogP contribution is -2.34. The summed E-state index contributed by atoms with van der Waals surface area (Å²) in [5, 5.41) is 11.6. The summed E-state index contributed by atoms with van der Waals surface area (Å²) in [7, 11) is 0. The molecule has 0 aliphatic rings. The van der Waals surface area contributed by atoms with Gasteiger partial charge in [-0.1, -0.05) is 11.8 Å². The highest BCUT2D eigenvalue weighted by atomic mass is 16.2. The SMILES string of the molecule is CCN(CC)C(=O)Nc1cc(C)cc(C#CCO)c1. The normalized spacial score (nSPS) is 9.47. The minimum absolute atomic E-state index is 0.114. The lowest BCUT2D eigenvalue weighted by atomic mass is 10.1. The Morgan fingerprint density at radius 1 is 1.32 bits per heavy atom. The highest BCUT2D eigenvalue weighted by Crippen LogP contribution is 2.14. The monoisotopic (exact) mass is 260 g/mol. The number of rotatable bonds is 3. The number of nitrogens with zero attached hydrogens (tertiary/aromatic N) is 1. The Balaban J connectivity index is 2.89. The second kappa shape index (κ2) is 7.45. The van der Waals surface area contributed by atoms with Crippen molar-refractivity contribution in [3.05, 3.63) is 29.3 Å². The summed E-state index contributed by atoms with van der Waals surface area (Å²) in [6, 6.07) is 5.50. The number of carbonyl (C=O) groups is 1. The third-order valence-corrected chi connectivity index (χ3v) is 2.69. The summed E-state index contributed by atoms with van der Waals surface area (Å²) in [6.45, 7) is 7.00. The Bertz CT molecular complexity index is 497. The van der Waals surface area contributed by atoms with E-state index in [2.05, 4.69) is 17.2 Å². The van der Waals surface area contributed by atoms with Crippen molar-refractivity contribution in [1.29, 1.82) is 0 Å². The van der Waals surface area contributed by atoms with Gasteiger partial charge in [0.25, 0.3) is 0 Å². The van der Waals surface area contributed by atoms with Crippen LogP contribution in [0.4, 0.5) is 10.5 Å². The van der Waals surface area contributed by atoms with Crippen LogP contribution in [0.15, 0.2) is 18.2 Å². The van der Waals surface area contributed by atoms with Crippen LogP contribution in [-0.2, 0) is 0 Å². The molecule has 0 fully saturated rings. The standard InChI is InChI=1S/C15H20N2O2/c1-4-17(5-2)15(19)16-14-10-12(3)9-13(11-14)7-6-8-18/h9-11,18H,4-5,8H2,1-3H3,(H,16,19). The summed E-state index contributed by atoms with van der Waals surface area (Å²) in [6.07, 6.45) is 0. The first-order chi connectivity index (χ1) is 9.10. The van der Waals surface area contributed by atoms with Gasteiger partial charge in [-0.05, 0) is 44.5 Å². The van der Waals surface area contributed by atoms with Crippen LogP contribution in [0, 0.1) is 18.8 Å².